The number of hydrogen-bond acceptors (Lipinski definition) is 5. The Labute approximate surface area is 158 Å². The molecule has 0 atom stereocenters. The number of anilines is 1. The predicted octanol–water partition coefficient (Wildman–Crippen LogP) is 5.08. The summed E-state index contributed by atoms with van der Waals surface area (Å²) >= 11 is 12.9. The molecular formula is C17H13Cl2N3O2S. The summed E-state index contributed by atoms with van der Waals surface area (Å²) in [6, 6.07) is 12.7. The van der Waals surface area contributed by atoms with Crippen LogP contribution in [0, 0.1) is 6.92 Å². The van der Waals surface area contributed by atoms with Crippen molar-refractivity contribution in [1.82, 2.24) is 10.2 Å². The normalized spacial score (nSPS) is 10.7. The first-order valence-corrected chi connectivity index (χ1v) is 9.03. The highest BCUT2D eigenvalue weighted by atomic mass is 35.5. The van der Waals surface area contributed by atoms with Gasteiger partial charge in [0.2, 0.25) is 11.8 Å². The summed E-state index contributed by atoms with van der Waals surface area (Å²) in [7, 11) is 0. The van der Waals surface area contributed by atoms with Gasteiger partial charge in [-0.15, -0.1) is 10.2 Å². The molecule has 3 rings (SSSR count). The van der Waals surface area contributed by atoms with Crippen molar-refractivity contribution < 1.29 is 9.21 Å². The number of nitrogens with zero attached hydrogens (tertiary/aromatic N) is 2. The Kier molecular flexibility index (Phi) is 5.63. The molecule has 1 heterocycles. The van der Waals surface area contributed by atoms with Crippen LogP contribution in [0.15, 0.2) is 52.1 Å². The van der Waals surface area contributed by atoms with E-state index in [-0.39, 0.29) is 11.7 Å². The highest BCUT2D eigenvalue weighted by Crippen LogP contribution is 2.26. The Morgan fingerprint density at radius 3 is 2.76 bits per heavy atom. The molecule has 2 aromatic carbocycles. The first-order valence-electron chi connectivity index (χ1n) is 7.29. The van der Waals surface area contributed by atoms with E-state index in [1.165, 1.54) is 0 Å². The molecule has 1 aromatic heterocycles. The number of carbonyl (C=O) groups excluding carboxylic acids is 1. The number of aromatic nitrogens is 2. The Balaban J connectivity index is 1.58. The zero-order valence-electron chi connectivity index (χ0n) is 13.1. The monoisotopic (exact) mass is 393 g/mol. The number of thioether (sulfide) groups is 1. The molecule has 5 nitrogen and oxygen atoms in total. The van der Waals surface area contributed by atoms with Crippen LogP contribution in [0.25, 0.3) is 11.5 Å². The quantitative estimate of drug-likeness (QED) is 0.611. The van der Waals surface area contributed by atoms with Gasteiger partial charge in [-0.1, -0.05) is 52.7 Å². The van der Waals surface area contributed by atoms with Gasteiger partial charge in [-0.3, -0.25) is 4.79 Å². The predicted molar refractivity (Wildman–Crippen MR) is 100 cm³/mol. The summed E-state index contributed by atoms with van der Waals surface area (Å²) in [5.74, 6) is 0.352. The van der Waals surface area contributed by atoms with E-state index in [0.717, 1.165) is 22.9 Å². The molecule has 0 spiro atoms. The minimum atomic E-state index is -0.210. The van der Waals surface area contributed by atoms with Gasteiger partial charge in [0.05, 0.1) is 15.8 Å². The highest BCUT2D eigenvalue weighted by molar-refractivity contribution is 7.99. The highest BCUT2D eigenvalue weighted by Gasteiger charge is 2.12. The van der Waals surface area contributed by atoms with Crippen molar-refractivity contribution in [3.63, 3.8) is 0 Å². The lowest BCUT2D eigenvalue weighted by Gasteiger charge is -2.05. The maximum atomic E-state index is 12.0. The number of benzene rings is 2. The molecule has 25 heavy (non-hydrogen) atoms. The largest absolute Gasteiger partial charge is 0.411 e. The zero-order valence-corrected chi connectivity index (χ0v) is 15.5. The smallest absolute Gasteiger partial charge is 0.277 e. The molecule has 1 N–H and O–H groups in total. The van der Waals surface area contributed by atoms with E-state index in [1.807, 2.05) is 31.2 Å². The van der Waals surface area contributed by atoms with Crippen molar-refractivity contribution >= 4 is 46.6 Å². The maximum absolute atomic E-state index is 12.0. The van der Waals surface area contributed by atoms with Crippen molar-refractivity contribution in [2.24, 2.45) is 0 Å². The summed E-state index contributed by atoms with van der Waals surface area (Å²) in [5.41, 5.74) is 2.52. The molecule has 0 radical (unpaired) electrons. The Bertz CT molecular complexity index is 914. The molecule has 128 valence electrons. The molecule has 3 aromatic rings. The maximum Gasteiger partial charge on any atom is 0.277 e. The molecule has 0 aliphatic rings. The average molecular weight is 394 g/mol. The third kappa shape index (κ3) is 4.75. The van der Waals surface area contributed by atoms with Crippen LogP contribution in [0.5, 0.6) is 0 Å². The molecule has 0 fully saturated rings. The fraction of sp³-hybridized carbons (Fsp3) is 0.118. The van der Waals surface area contributed by atoms with Crippen LogP contribution >= 0.6 is 35.0 Å². The zero-order chi connectivity index (χ0) is 17.8. The van der Waals surface area contributed by atoms with Gasteiger partial charge < -0.3 is 9.73 Å². The lowest BCUT2D eigenvalue weighted by molar-refractivity contribution is -0.113. The second-order valence-electron chi connectivity index (χ2n) is 5.21. The van der Waals surface area contributed by atoms with Gasteiger partial charge in [0, 0.05) is 11.3 Å². The van der Waals surface area contributed by atoms with Gasteiger partial charge >= 0.3 is 0 Å². The molecule has 8 heteroatoms. The molecular weight excluding hydrogens is 381 g/mol. The summed E-state index contributed by atoms with van der Waals surface area (Å²) in [4.78, 5) is 12.0. The van der Waals surface area contributed by atoms with Crippen LogP contribution in [0.1, 0.15) is 5.56 Å². The molecule has 0 unspecified atom stereocenters. The summed E-state index contributed by atoms with van der Waals surface area (Å²) in [5, 5.41) is 11.8. The van der Waals surface area contributed by atoms with E-state index >= 15 is 0 Å². The first-order chi connectivity index (χ1) is 12.0. The van der Waals surface area contributed by atoms with Crippen LogP contribution in [0.3, 0.4) is 0 Å². The molecule has 1 amide bonds. The van der Waals surface area contributed by atoms with E-state index in [2.05, 4.69) is 15.5 Å². The Morgan fingerprint density at radius 2 is 2.00 bits per heavy atom. The fourth-order valence-corrected chi connectivity index (χ4v) is 2.92. The minimum Gasteiger partial charge on any atom is -0.411 e. The average Bonchev–Trinajstić information content (AvgIpc) is 3.05. The van der Waals surface area contributed by atoms with Crippen molar-refractivity contribution in [2.75, 3.05) is 11.1 Å². The van der Waals surface area contributed by atoms with Gasteiger partial charge in [0.1, 0.15) is 0 Å². The third-order valence-corrected chi connectivity index (χ3v) is 4.76. The number of nitrogens with one attached hydrogen (secondary N) is 1. The fourth-order valence-electron chi connectivity index (χ4n) is 2.06. The van der Waals surface area contributed by atoms with Crippen molar-refractivity contribution in [3.8, 4) is 11.5 Å². The van der Waals surface area contributed by atoms with E-state index < -0.39 is 0 Å². The van der Waals surface area contributed by atoms with Crippen LogP contribution in [-0.2, 0) is 4.79 Å². The van der Waals surface area contributed by atoms with E-state index in [0.29, 0.717) is 26.8 Å². The van der Waals surface area contributed by atoms with E-state index in [4.69, 9.17) is 27.6 Å². The summed E-state index contributed by atoms with van der Waals surface area (Å²) in [6.45, 7) is 1.99. The lowest BCUT2D eigenvalue weighted by Crippen LogP contribution is -2.13. The van der Waals surface area contributed by atoms with Crippen molar-refractivity contribution in [2.45, 2.75) is 12.1 Å². The van der Waals surface area contributed by atoms with Gasteiger partial charge in [0.15, 0.2) is 0 Å². The van der Waals surface area contributed by atoms with Crippen LogP contribution in [0.4, 0.5) is 5.69 Å². The molecule has 0 saturated carbocycles. The number of halogens is 2. The lowest BCUT2D eigenvalue weighted by atomic mass is 10.1. The second kappa shape index (κ2) is 7.91. The SMILES string of the molecule is Cc1cccc(-c2nnc(SCC(=O)Nc3ccc(Cl)c(Cl)c3)o2)c1. The van der Waals surface area contributed by atoms with Gasteiger partial charge in [-0.05, 0) is 37.3 Å². The summed E-state index contributed by atoms with van der Waals surface area (Å²) < 4.78 is 5.58. The molecule has 0 bridgehead atoms. The number of amides is 1. The van der Waals surface area contributed by atoms with Crippen molar-refractivity contribution in [1.29, 1.82) is 0 Å². The standard InChI is InChI=1S/C17H13Cl2N3O2S/c1-10-3-2-4-11(7-10)16-21-22-17(24-16)25-9-15(23)20-12-5-6-13(18)14(19)8-12/h2-8H,9H2,1H3,(H,20,23). The number of rotatable bonds is 5. The van der Waals surface area contributed by atoms with Gasteiger partial charge in [-0.25, -0.2) is 0 Å². The van der Waals surface area contributed by atoms with Crippen LogP contribution in [0.2, 0.25) is 10.0 Å². The second-order valence-corrected chi connectivity index (χ2v) is 6.95. The third-order valence-electron chi connectivity index (χ3n) is 3.20. The number of hydrogen-bond donors (Lipinski definition) is 1. The van der Waals surface area contributed by atoms with Crippen LogP contribution < -0.4 is 5.32 Å². The molecule has 0 aliphatic heterocycles. The van der Waals surface area contributed by atoms with Crippen LogP contribution in [-0.4, -0.2) is 21.9 Å². The van der Waals surface area contributed by atoms with Crippen molar-refractivity contribution in [3.05, 3.63) is 58.1 Å². The number of aryl methyl sites for hydroxylation is 1. The summed E-state index contributed by atoms with van der Waals surface area (Å²) in [6.07, 6.45) is 0. The topological polar surface area (TPSA) is 68.0 Å². The molecule has 0 aliphatic carbocycles. The minimum absolute atomic E-state index is 0.135. The number of carbonyl (C=O) groups is 1. The Morgan fingerprint density at radius 1 is 1.16 bits per heavy atom. The van der Waals surface area contributed by atoms with Gasteiger partial charge in [0.25, 0.3) is 5.22 Å². The first kappa shape index (κ1) is 17.8. The van der Waals surface area contributed by atoms with E-state index in [9.17, 15) is 4.79 Å². The van der Waals surface area contributed by atoms with E-state index in [1.54, 1.807) is 18.2 Å². The molecule has 0 saturated heterocycles. The van der Waals surface area contributed by atoms with Gasteiger partial charge in [-0.2, -0.15) is 0 Å². The Hall–Kier alpha value is -2.02.